The van der Waals surface area contributed by atoms with E-state index in [0.29, 0.717) is 23.7 Å². The van der Waals surface area contributed by atoms with Crippen molar-refractivity contribution in [2.75, 3.05) is 13.2 Å². The maximum atomic E-state index is 10.7. The molecule has 90 valence electrons. The predicted octanol–water partition coefficient (Wildman–Crippen LogP) is 1.60. The van der Waals surface area contributed by atoms with Gasteiger partial charge in [-0.05, 0) is 32.1 Å². The van der Waals surface area contributed by atoms with Gasteiger partial charge in [0.25, 0.3) is 0 Å². The smallest absolute Gasteiger partial charge is 0.330 e. The van der Waals surface area contributed by atoms with Gasteiger partial charge in [-0.25, -0.2) is 4.79 Å². The SMILES string of the molecule is CC(=CCC(CC1CO1)CC1CO1)C(=O)O. The van der Waals surface area contributed by atoms with Crippen molar-refractivity contribution in [3.05, 3.63) is 11.6 Å². The van der Waals surface area contributed by atoms with Crippen LogP contribution in [0, 0.1) is 5.92 Å². The zero-order valence-corrected chi connectivity index (χ0v) is 9.52. The van der Waals surface area contributed by atoms with Crippen LogP contribution in [0.3, 0.4) is 0 Å². The highest BCUT2D eigenvalue weighted by molar-refractivity contribution is 5.85. The van der Waals surface area contributed by atoms with Gasteiger partial charge in [0.1, 0.15) is 0 Å². The minimum Gasteiger partial charge on any atom is -0.478 e. The molecule has 2 atom stereocenters. The minimum atomic E-state index is -0.830. The summed E-state index contributed by atoms with van der Waals surface area (Å²) in [5, 5.41) is 8.77. The van der Waals surface area contributed by atoms with Crippen molar-refractivity contribution in [3.63, 3.8) is 0 Å². The number of carboxylic acid groups (broad SMARTS) is 1. The second-order valence-corrected chi connectivity index (χ2v) is 4.68. The van der Waals surface area contributed by atoms with Crippen LogP contribution in [-0.2, 0) is 14.3 Å². The van der Waals surface area contributed by atoms with Crippen LogP contribution in [0.1, 0.15) is 26.2 Å². The van der Waals surface area contributed by atoms with Gasteiger partial charge in [-0.2, -0.15) is 0 Å². The van der Waals surface area contributed by atoms with Gasteiger partial charge in [0.2, 0.25) is 0 Å². The topological polar surface area (TPSA) is 62.4 Å². The second kappa shape index (κ2) is 4.97. The van der Waals surface area contributed by atoms with Crippen LogP contribution in [0.4, 0.5) is 0 Å². The monoisotopic (exact) mass is 226 g/mol. The third-order valence-corrected chi connectivity index (χ3v) is 3.09. The van der Waals surface area contributed by atoms with Crippen LogP contribution in [0.2, 0.25) is 0 Å². The zero-order chi connectivity index (χ0) is 11.5. The molecular formula is C12H18O4. The molecule has 0 bridgehead atoms. The predicted molar refractivity (Wildman–Crippen MR) is 58.2 cm³/mol. The minimum absolute atomic E-state index is 0.405. The van der Waals surface area contributed by atoms with Gasteiger partial charge < -0.3 is 14.6 Å². The molecule has 0 aromatic heterocycles. The Morgan fingerprint density at radius 2 is 1.88 bits per heavy atom. The van der Waals surface area contributed by atoms with Gasteiger partial charge in [0.05, 0.1) is 25.4 Å². The van der Waals surface area contributed by atoms with Crippen LogP contribution >= 0.6 is 0 Å². The fourth-order valence-electron chi connectivity index (χ4n) is 1.87. The number of rotatable bonds is 7. The highest BCUT2D eigenvalue weighted by Gasteiger charge is 2.31. The molecule has 0 saturated carbocycles. The molecular weight excluding hydrogens is 208 g/mol. The molecule has 2 rings (SSSR count). The molecule has 2 saturated heterocycles. The fraction of sp³-hybridized carbons (Fsp3) is 0.750. The van der Waals surface area contributed by atoms with Crippen molar-refractivity contribution in [1.82, 2.24) is 0 Å². The van der Waals surface area contributed by atoms with Gasteiger partial charge in [0, 0.05) is 5.57 Å². The molecule has 0 aromatic rings. The Morgan fingerprint density at radius 1 is 1.38 bits per heavy atom. The first-order valence-electron chi connectivity index (χ1n) is 5.78. The number of hydrogen-bond donors (Lipinski definition) is 1. The molecule has 2 fully saturated rings. The normalized spacial score (nSPS) is 29.9. The summed E-state index contributed by atoms with van der Waals surface area (Å²) in [7, 11) is 0. The molecule has 0 amide bonds. The fourth-order valence-corrected chi connectivity index (χ4v) is 1.87. The maximum Gasteiger partial charge on any atom is 0.330 e. The first-order chi connectivity index (χ1) is 7.65. The molecule has 4 heteroatoms. The molecule has 2 unspecified atom stereocenters. The third kappa shape index (κ3) is 3.94. The standard InChI is InChI=1S/C12H18O4/c1-8(12(13)14)2-3-9(4-10-6-15-10)5-11-7-16-11/h2,9-11H,3-7H2,1H3,(H,13,14). The summed E-state index contributed by atoms with van der Waals surface area (Å²) in [5.41, 5.74) is 0.429. The average molecular weight is 226 g/mol. The first kappa shape index (κ1) is 11.6. The Bertz CT molecular complexity index is 275. The van der Waals surface area contributed by atoms with Crippen LogP contribution in [0.15, 0.2) is 11.6 Å². The van der Waals surface area contributed by atoms with Gasteiger partial charge in [-0.15, -0.1) is 0 Å². The van der Waals surface area contributed by atoms with Crippen LogP contribution in [-0.4, -0.2) is 36.5 Å². The molecule has 2 aliphatic rings. The Balaban J connectivity index is 1.79. The van der Waals surface area contributed by atoms with Crippen LogP contribution < -0.4 is 0 Å². The van der Waals surface area contributed by atoms with E-state index in [1.807, 2.05) is 6.08 Å². The number of allylic oxidation sites excluding steroid dienone is 1. The van der Waals surface area contributed by atoms with E-state index in [1.165, 1.54) is 0 Å². The van der Waals surface area contributed by atoms with Gasteiger partial charge >= 0.3 is 5.97 Å². The lowest BCUT2D eigenvalue weighted by atomic mass is 9.93. The van der Waals surface area contributed by atoms with E-state index in [9.17, 15) is 4.79 Å². The molecule has 4 nitrogen and oxygen atoms in total. The molecule has 2 heterocycles. The first-order valence-corrected chi connectivity index (χ1v) is 5.78. The number of epoxide rings is 2. The van der Waals surface area contributed by atoms with E-state index < -0.39 is 5.97 Å². The number of aliphatic carboxylic acids is 1. The summed E-state index contributed by atoms with van der Waals surface area (Å²) < 4.78 is 10.4. The summed E-state index contributed by atoms with van der Waals surface area (Å²) in [6.07, 6.45) is 5.51. The van der Waals surface area contributed by atoms with E-state index >= 15 is 0 Å². The van der Waals surface area contributed by atoms with Gasteiger partial charge in [-0.1, -0.05) is 6.08 Å². The van der Waals surface area contributed by atoms with Crippen molar-refractivity contribution in [3.8, 4) is 0 Å². The van der Waals surface area contributed by atoms with Crippen LogP contribution in [0.5, 0.6) is 0 Å². The van der Waals surface area contributed by atoms with E-state index in [1.54, 1.807) is 6.92 Å². The highest BCUT2D eigenvalue weighted by Crippen LogP contribution is 2.29. The van der Waals surface area contributed by atoms with Crippen molar-refractivity contribution in [2.24, 2.45) is 5.92 Å². The van der Waals surface area contributed by atoms with Crippen molar-refractivity contribution >= 4 is 5.97 Å². The van der Waals surface area contributed by atoms with E-state index in [-0.39, 0.29) is 0 Å². The third-order valence-electron chi connectivity index (χ3n) is 3.09. The number of hydrogen-bond acceptors (Lipinski definition) is 3. The van der Waals surface area contributed by atoms with E-state index in [2.05, 4.69) is 0 Å². The number of carbonyl (C=O) groups is 1. The molecule has 1 N–H and O–H groups in total. The molecule has 0 spiro atoms. The van der Waals surface area contributed by atoms with Crippen LogP contribution in [0.25, 0.3) is 0 Å². The molecule has 2 aliphatic heterocycles. The number of carboxylic acids is 1. The quantitative estimate of drug-likeness (QED) is 0.529. The van der Waals surface area contributed by atoms with Crippen molar-refractivity contribution in [1.29, 1.82) is 0 Å². The zero-order valence-electron chi connectivity index (χ0n) is 9.52. The summed E-state index contributed by atoms with van der Waals surface area (Å²) >= 11 is 0. The Kier molecular flexibility index (Phi) is 3.61. The lowest BCUT2D eigenvalue weighted by Crippen LogP contribution is -2.08. The summed E-state index contributed by atoms with van der Waals surface area (Å²) in [4.78, 5) is 10.7. The summed E-state index contributed by atoms with van der Waals surface area (Å²) in [5.74, 6) is -0.335. The Morgan fingerprint density at radius 3 is 2.25 bits per heavy atom. The van der Waals surface area contributed by atoms with Crippen molar-refractivity contribution in [2.45, 2.75) is 38.4 Å². The molecule has 16 heavy (non-hydrogen) atoms. The lowest BCUT2D eigenvalue weighted by molar-refractivity contribution is -0.132. The van der Waals surface area contributed by atoms with Gasteiger partial charge in [-0.3, -0.25) is 0 Å². The van der Waals surface area contributed by atoms with Crippen molar-refractivity contribution < 1.29 is 19.4 Å². The molecule has 0 aromatic carbocycles. The Labute approximate surface area is 95.2 Å². The lowest BCUT2D eigenvalue weighted by Gasteiger charge is -2.12. The van der Waals surface area contributed by atoms with Gasteiger partial charge in [0.15, 0.2) is 0 Å². The second-order valence-electron chi connectivity index (χ2n) is 4.68. The Hall–Kier alpha value is -0.870. The summed E-state index contributed by atoms with van der Waals surface area (Å²) in [6, 6.07) is 0. The number of ether oxygens (including phenoxy) is 2. The van der Waals surface area contributed by atoms with E-state index in [0.717, 1.165) is 32.5 Å². The highest BCUT2D eigenvalue weighted by atomic mass is 16.6. The average Bonchev–Trinajstić information content (AvgIpc) is 3.08. The molecule has 0 radical (unpaired) electrons. The van der Waals surface area contributed by atoms with E-state index in [4.69, 9.17) is 14.6 Å². The summed E-state index contributed by atoms with van der Waals surface area (Å²) in [6.45, 7) is 3.37. The maximum absolute atomic E-state index is 10.7. The molecule has 0 aliphatic carbocycles. The largest absolute Gasteiger partial charge is 0.478 e.